The molecule has 2 heterocycles. The molecule has 1 fully saturated rings. The first-order valence-corrected chi connectivity index (χ1v) is 10.9. The number of amides is 2. The predicted molar refractivity (Wildman–Crippen MR) is 113 cm³/mol. The predicted octanol–water partition coefficient (Wildman–Crippen LogP) is 3.98. The van der Waals surface area contributed by atoms with Crippen molar-refractivity contribution < 1.29 is 14.3 Å². The molecule has 0 spiro atoms. The number of rotatable bonds is 1. The number of nitrogens with one attached hydrogen (secondary N) is 3. The zero-order valence-electron chi connectivity index (χ0n) is 18.1. The van der Waals surface area contributed by atoms with Gasteiger partial charge in [0.25, 0.3) is 0 Å². The van der Waals surface area contributed by atoms with Crippen LogP contribution in [0.5, 0.6) is 0 Å². The molecule has 2 bridgehead atoms. The molecule has 160 valence electrons. The summed E-state index contributed by atoms with van der Waals surface area (Å²) in [5.74, 6) is 0.0783. The van der Waals surface area contributed by atoms with Crippen LogP contribution in [0.4, 0.5) is 4.79 Å². The first-order valence-electron chi connectivity index (χ1n) is 10.9. The lowest BCUT2D eigenvalue weighted by Gasteiger charge is -2.35. The van der Waals surface area contributed by atoms with Gasteiger partial charge in [-0.15, -0.1) is 0 Å². The lowest BCUT2D eigenvalue weighted by molar-refractivity contribution is -0.125. The largest absolute Gasteiger partial charge is 0.444 e. The molecule has 2 aliphatic rings. The second-order valence-corrected chi connectivity index (χ2v) is 9.39. The Kier molecular flexibility index (Phi) is 6.83. The van der Waals surface area contributed by atoms with Crippen molar-refractivity contribution in [1.82, 2.24) is 16.0 Å². The SMILES string of the molecule is CC1CCCC(NC(=O)OC(C)(C)C)c2cccc(c2)C2NCCCC2NC1=O. The van der Waals surface area contributed by atoms with Crippen LogP contribution < -0.4 is 16.0 Å². The summed E-state index contributed by atoms with van der Waals surface area (Å²) in [6, 6.07) is 8.41. The first kappa shape index (κ1) is 21.6. The minimum Gasteiger partial charge on any atom is -0.444 e. The quantitative estimate of drug-likeness (QED) is 0.665. The van der Waals surface area contributed by atoms with Crippen LogP contribution in [0.3, 0.4) is 0 Å². The normalized spacial score (nSPS) is 28.2. The molecule has 4 unspecified atom stereocenters. The van der Waals surface area contributed by atoms with Crippen molar-refractivity contribution in [2.45, 2.75) is 83.5 Å². The van der Waals surface area contributed by atoms with Gasteiger partial charge in [0.05, 0.1) is 12.1 Å². The molecule has 29 heavy (non-hydrogen) atoms. The van der Waals surface area contributed by atoms with Gasteiger partial charge in [-0.2, -0.15) is 0 Å². The molecular formula is C23H35N3O3. The molecule has 3 N–H and O–H groups in total. The Hall–Kier alpha value is -2.08. The highest BCUT2D eigenvalue weighted by atomic mass is 16.6. The Balaban J connectivity index is 1.88. The van der Waals surface area contributed by atoms with Crippen LogP contribution in [0.15, 0.2) is 24.3 Å². The Labute approximate surface area is 174 Å². The molecule has 0 aromatic heterocycles. The highest BCUT2D eigenvalue weighted by Gasteiger charge is 2.30. The molecule has 1 saturated heterocycles. The van der Waals surface area contributed by atoms with Gasteiger partial charge in [0.1, 0.15) is 5.60 Å². The van der Waals surface area contributed by atoms with E-state index in [0.29, 0.717) is 0 Å². The number of alkyl carbamates (subject to hydrolysis) is 1. The number of benzene rings is 1. The lowest BCUT2D eigenvalue weighted by Crippen LogP contribution is -2.49. The van der Waals surface area contributed by atoms with Crippen LogP contribution in [0.1, 0.15) is 83.0 Å². The minimum absolute atomic E-state index is 0.0440. The molecule has 4 atom stereocenters. The van der Waals surface area contributed by atoms with Gasteiger partial charge in [-0.05, 0) is 64.1 Å². The topological polar surface area (TPSA) is 79.5 Å². The van der Waals surface area contributed by atoms with E-state index < -0.39 is 11.7 Å². The molecule has 1 aromatic carbocycles. The van der Waals surface area contributed by atoms with Crippen LogP contribution in [-0.2, 0) is 9.53 Å². The highest BCUT2D eigenvalue weighted by molar-refractivity contribution is 5.78. The summed E-state index contributed by atoms with van der Waals surface area (Å²) in [6.07, 6.45) is 4.04. The fraction of sp³-hybridized carbons (Fsp3) is 0.652. The minimum atomic E-state index is -0.539. The van der Waals surface area contributed by atoms with Crippen molar-refractivity contribution >= 4 is 12.0 Å². The standard InChI is InChI=1S/C23H35N3O3/c1-15-8-5-11-18(26-22(28)29-23(2,3)4)16-9-6-10-17(14-16)20-19(25-21(15)27)12-7-13-24-20/h6,9-10,14-15,18-20,24H,5,7-8,11-13H2,1-4H3,(H,25,27)(H,26,28). The summed E-state index contributed by atoms with van der Waals surface area (Å²) in [5.41, 5.74) is 1.69. The summed E-state index contributed by atoms with van der Waals surface area (Å²) >= 11 is 0. The van der Waals surface area contributed by atoms with Crippen molar-refractivity contribution in [2.24, 2.45) is 5.92 Å². The Morgan fingerprint density at radius 3 is 2.66 bits per heavy atom. The second-order valence-electron chi connectivity index (χ2n) is 9.39. The van der Waals surface area contributed by atoms with E-state index in [9.17, 15) is 9.59 Å². The number of ether oxygens (including phenoxy) is 1. The third-order valence-electron chi connectivity index (χ3n) is 5.73. The van der Waals surface area contributed by atoms with Gasteiger partial charge in [-0.3, -0.25) is 4.79 Å². The van der Waals surface area contributed by atoms with E-state index >= 15 is 0 Å². The fourth-order valence-corrected chi connectivity index (χ4v) is 4.22. The molecule has 0 radical (unpaired) electrons. The molecule has 0 saturated carbocycles. The number of hydrogen-bond acceptors (Lipinski definition) is 4. The fourth-order valence-electron chi connectivity index (χ4n) is 4.22. The third-order valence-corrected chi connectivity index (χ3v) is 5.73. The van der Waals surface area contributed by atoms with Crippen LogP contribution in [0.25, 0.3) is 0 Å². The van der Waals surface area contributed by atoms with Gasteiger partial charge in [-0.25, -0.2) is 4.79 Å². The summed E-state index contributed by atoms with van der Waals surface area (Å²) in [5, 5.41) is 9.90. The zero-order valence-corrected chi connectivity index (χ0v) is 18.1. The smallest absolute Gasteiger partial charge is 0.408 e. The van der Waals surface area contributed by atoms with Crippen molar-refractivity contribution in [3.05, 3.63) is 35.4 Å². The van der Waals surface area contributed by atoms with Gasteiger partial charge in [0.15, 0.2) is 0 Å². The molecule has 0 aliphatic carbocycles. The Bertz CT molecular complexity index is 728. The van der Waals surface area contributed by atoms with E-state index in [2.05, 4.69) is 34.1 Å². The Morgan fingerprint density at radius 2 is 1.90 bits per heavy atom. The van der Waals surface area contributed by atoms with Crippen molar-refractivity contribution in [3.8, 4) is 0 Å². The van der Waals surface area contributed by atoms with Gasteiger partial charge in [-0.1, -0.05) is 37.6 Å². The lowest BCUT2D eigenvalue weighted by atomic mass is 9.88. The molecule has 6 nitrogen and oxygen atoms in total. The maximum atomic E-state index is 12.7. The van der Waals surface area contributed by atoms with E-state index in [1.54, 1.807) is 0 Å². The third kappa shape index (κ3) is 5.95. The van der Waals surface area contributed by atoms with Gasteiger partial charge in [0.2, 0.25) is 5.91 Å². The van der Waals surface area contributed by atoms with E-state index in [0.717, 1.165) is 49.8 Å². The maximum absolute atomic E-state index is 12.7. The molecule has 2 aliphatic heterocycles. The van der Waals surface area contributed by atoms with Crippen molar-refractivity contribution in [2.75, 3.05) is 6.54 Å². The average Bonchev–Trinajstić information content (AvgIpc) is 2.65. The number of carbonyl (C=O) groups excluding carboxylic acids is 2. The van der Waals surface area contributed by atoms with Gasteiger partial charge >= 0.3 is 6.09 Å². The van der Waals surface area contributed by atoms with Gasteiger partial charge < -0.3 is 20.7 Å². The molecular weight excluding hydrogens is 366 g/mol. The van der Waals surface area contributed by atoms with Crippen LogP contribution in [-0.4, -0.2) is 30.2 Å². The summed E-state index contributed by atoms with van der Waals surface area (Å²) in [4.78, 5) is 25.1. The van der Waals surface area contributed by atoms with E-state index in [4.69, 9.17) is 4.74 Å². The summed E-state index contributed by atoms with van der Waals surface area (Å²) < 4.78 is 5.48. The average molecular weight is 402 g/mol. The number of piperidine rings is 1. The summed E-state index contributed by atoms with van der Waals surface area (Å²) in [6.45, 7) is 8.52. The zero-order chi connectivity index (χ0) is 21.0. The van der Waals surface area contributed by atoms with Crippen LogP contribution in [0, 0.1) is 5.92 Å². The van der Waals surface area contributed by atoms with Crippen LogP contribution >= 0.6 is 0 Å². The molecule has 6 heteroatoms. The maximum Gasteiger partial charge on any atom is 0.408 e. The van der Waals surface area contributed by atoms with E-state index in [1.165, 1.54) is 0 Å². The summed E-state index contributed by atoms with van der Waals surface area (Å²) in [7, 11) is 0. The number of carbonyl (C=O) groups is 2. The van der Waals surface area contributed by atoms with E-state index in [1.807, 2.05) is 33.8 Å². The Morgan fingerprint density at radius 1 is 1.14 bits per heavy atom. The van der Waals surface area contributed by atoms with Crippen LogP contribution in [0.2, 0.25) is 0 Å². The first-order chi connectivity index (χ1) is 13.7. The molecule has 3 rings (SSSR count). The van der Waals surface area contributed by atoms with E-state index in [-0.39, 0.29) is 30.0 Å². The molecule has 1 aromatic rings. The highest BCUT2D eigenvalue weighted by Crippen LogP contribution is 2.29. The number of fused-ring (bicyclic) bond motifs is 4. The number of hydrogen-bond donors (Lipinski definition) is 3. The molecule has 2 amide bonds. The van der Waals surface area contributed by atoms with Gasteiger partial charge in [0, 0.05) is 12.0 Å². The van der Waals surface area contributed by atoms with Crippen molar-refractivity contribution in [1.29, 1.82) is 0 Å². The van der Waals surface area contributed by atoms with Crippen molar-refractivity contribution in [3.63, 3.8) is 0 Å². The monoisotopic (exact) mass is 401 g/mol. The second kappa shape index (κ2) is 9.16.